The maximum absolute atomic E-state index is 13.7. The van der Waals surface area contributed by atoms with E-state index in [1.165, 1.54) is 23.9 Å². The van der Waals surface area contributed by atoms with E-state index in [9.17, 15) is 13.2 Å². The number of aryl methyl sites for hydroxylation is 2. The number of benzene rings is 4. The predicted molar refractivity (Wildman–Crippen MR) is 161 cm³/mol. The fourth-order valence-corrected chi connectivity index (χ4v) is 5.36. The lowest BCUT2D eigenvalue weighted by atomic mass is 10.2. The Balaban J connectivity index is 1.44. The molecule has 0 radical (unpaired) electrons. The van der Waals surface area contributed by atoms with Crippen molar-refractivity contribution in [1.82, 2.24) is 5.43 Å². The van der Waals surface area contributed by atoms with Gasteiger partial charge in [-0.15, -0.1) is 0 Å². The summed E-state index contributed by atoms with van der Waals surface area (Å²) in [6.45, 7) is 6.01. The largest absolute Gasteiger partial charge is 0.492 e. The summed E-state index contributed by atoms with van der Waals surface area (Å²) in [5, 5.41) is 4.03. The van der Waals surface area contributed by atoms with Crippen molar-refractivity contribution in [3.8, 4) is 11.5 Å². The number of hydrogen-bond donors (Lipinski definition) is 1. The van der Waals surface area contributed by atoms with Crippen LogP contribution >= 0.6 is 0 Å². The maximum Gasteiger partial charge on any atom is 0.264 e. The van der Waals surface area contributed by atoms with Crippen molar-refractivity contribution in [1.29, 1.82) is 0 Å². The number of hydrazone groups is 1. The number of rotatable bonds is 12. The molecule has 4 rings (SSSR count). The van der Waals surface area contributed by atoms with Gasteiger partial charge in [-0.05, 0) is 80.4 Å². The number of para-hydroxylation sites is 2. The van der Waals surface area contributed by atoms with Gasteiger partial charge in [0.1, 0.15) is 24.7 Å². The molecule has 0 unspecified atom stereocenters. The van der Waals surface area contributed by atoms with E-state index in [1.807, 2.05) is 62.4 Å². The first-order valence-corrected chi connectivity index (χ1v) is 14.6. The van der Waals surface area contributed by atoms with Crippen molar-refractivity contribution in [3.63, 3.8) is 0 Å². The Kier molecular flexibility index (Phi) is 9.76. The van der Waals surface area contributed by atoms with Crippen LogP contribution in [0.3, 0.4) is 0 Å². The number of carbonyl (C=O) groups is 1. The van der Waals surface area contributed by atoms with Gasteiger partial charge in [0.2, 0.25) is 0 Å². The number of anilines is 1. The van der Waals surface area contributed by atoms with Crippen molar-refractivity contribution in [3.05, 3.63) is 119 Å². The van der Waals surface area contributed by atoms with Gasteiger partial charge in [0.15, 0.2) is 0 Å². The molecule has 0 aliphatic carbocycles. The zero-order valence-corrected chi connectivity index (χ0v) is 24.1. The fraction of sp³-hybridized carbons (Fsp3) is 0.188. The van der Waals surface area contributed by atoms with Gasteiger partial charge in [-0.1, -0.05) is 59.7 Å². The van der Waals surface area contributed by atoms with Crippen LogP contribution in [0.5, 0.6) is 11.5 Å². The van der Waals surface area contributed by atoms with Gasteiger partial charge >= 0.3 is 0 Å². The molecule has 0 atom stereocenters. The molecule has 0 saturated carbocycles. The number of carbonyl (C=O) groups excluding carboxylic acids is 1. The van der Waals surface area contributed by atoms with E-state index in [-0.39, 0.29) is 10.6 Å². The van der Waals surface area contributed by atoms with E-state index in [1.54, 1.807) is 43.3 Å². The van der Waals surface area contributed by atoms with Crippen molar-refractivity contribution >= 4 is 27.8 Å². The molecular formula is C32H33N3O5S. The predicted octanol–water partition coefficient (Wildman–Crippen LogP) is 5.63. The van der Waals surface area contributed by atoms with E-state index >= 15 is 0 Å². The van der Waals surface area contributed by atoms with Gasteiger partial charge < -0.3 is 9.47 Å². The van der Waals surface area contributed by atoms with E-state index in [2.05, 4.69) is 10.5 Å². The van der Waals surface area contributed by atoms with Crippen LogP contribution in [0.25, 0.3) is 0 Å². The highest BCUT2D eigenvalue weighted by atomic mass is 32.2. The summed E-state index contributed by atoms with van der Waals surface area (Å²) in [4.78, 5) is 13.0. The lowest BCUT2D eigenvalue weighted by Crippen LogP contribution is -2.39. The molecule has 0 bridgehead atoms. The van der Waals surface area contributed by atoms with E-state index in [0.717, 1.165) is 21.0 Å². The first kappa shape index (κ1) is 29.4. The topological polar surface area (TPSA) is 97.3 Å². The third kappa shape index (κ3) is 7.95. The SMILES string of the molecule is CCOc1ccccc1N(CC(=O)N/N=C\c1ccc(OCc2ccc(C)cc2)cc1)S(=O)(=O)c1ccc(C)cc1. The Morgan fingerprint density at radius 2 is 1.49 bits per heavy atom. The lowest BCUT2D eigenvalue weighted by Gasteiger charge is -2.25. The highest BCUT2D eigenvalue weighted by Crippen LogP contribution is 2.32. The standard InChI is InChI=1S/C32H33N3O5S/c1-4-39-31-8-6-5-7-30(31)35(41(37,38)29-19-11-25(3)12-20-29)22-32(36)34-33-21-26-15-17-28(18-16-26)40-23-27-13-9-24(2)10-14-27/h5-21H,4,22-23H2,1-3H3,(H,34,36)/b33-21-. The van der Waals surface area contributed by atoms with E-state index in [4.69, 9.17) is 9.47 Å². The third-order valence-corrected chi connectivity index (χ3v) is 7.91. The van der Waals surface area contributed by atoms with Gasteiger partial charge in [0, 0.05) is 0 Å². The van der Waals surface area contributed by atoms with Gasteiger partial charge in [-0.25, -0.2) is 13.8 Å². The van der Waals surface area contributed by atoms with Crippen LogP contribution in [0.1, 0.15) is 29.2 Å². The van der Waals surface area contributed by atoms with Crippen LogP contribution < -0.4 is 19.2 Å². The van der Waals surface area contributed by atoms with Crippen LogP contribution in [-0.4, -0.2) is 33.7 Å². The molecule has 0 aliphatic rings. The van der Waals surface area contributed by atoms with Gasteiger partial charge in [-0.3, -0.25) is 9.10 Å². The molecule has 8 nitrogen and oxygen atoms in total. The van der Waals surface area contributed by atoms with Gasteiger partial charge in [0.25, 0.3) is 15.9 Å². The Labute approximate surface area is 241 Å². The van der Waals surface area contributed by atoms with E-state index in [0.29, 0.717) is 24.7 Å². The molecule has 4 aromatic carbocycles. The first-order chi connectivity index (χ1) is 19.8. The molecule has 1 N–H and O–H groups in total. The summed E-state index contributed by atoms with van der Waals surface area (Å²) in [6, 6.07) is 28.6. The second-order valence-electron chi connectivity index (χ2n) is 9.36. The summed E-state index contributed by atoms with van der Waals surface area (Å²) in [5.74, 6) is 0.449. The third-order valence-electron chi connectivity index (χ3n) is 6.14. The first-order valence-electron chi connectivity index (χ1n) is 13.2. The summed E-state index contributed by atoms with van der Waals surface area (Å²) in [5.41, 5.74) is 6.62. The molecule has 41 heavy (non-hydrogen) atoms. The molecule has 0 saturated heterocycles. The summed E-state index contributed by atoms with van der Waals surface area (Å²) < 4.78 is 39.9. The Hall–Kier alpha value is -4.63. The molecule has 0 fully saturated rings. The van der Waals surface area contributed by atoms with Crippen LogP contribution in [0.4, 0.5) is 5.69 Å². The molecule has 0 spiro atoms. The van der Waals surface area contributed by atoms with Crippen LogP contribution in [0, 0.1) is 13.8 Å². The zero-order chi connectivity index (χ0) is 29.2. The molecule has 0 heterocycles. The smallest absolute Gasteiger partial charge is 0.264 e. The fourth-order valence-electron chi connectivity index (χ4n) is 3.92. The zero-order valence-electron chi connectivity index (χ0n) is 23.3. The minimum absolute atomic E-state index is 0.0652. The minimum atomic E-state index is -4.09. The average molecular weight is 572 g/mol. The Bertz CT molecular complexity index is 1580. The number of sulfonamides is 1. The number of hydrogen-bond acceptors (Lipinski definition) is 6. The van der Waals surface area contributed by atoms with Crippen LogP contribution in [0.2, 0.25) is 0 Å². The quantitative estimate of drug-likeness (QED) is 0.176. The molecule has 4 aromatic rings. The van der Waals surface area contributed by atoms with Crippen molar-refractivity contribution in [2.75, 3.05) is 17.5 Å². The molecule has 9 heteroatoms. The van der Waals surface area contributed by atoms with Gasteiger partial charge in [-0.2, -0.15) is 5.10 Å². The second-order valence-corrected chi connectivity index (χ2v) is 11.2. The monoisotopic (exact) mass is 571 g/mol. The Morgan fingerprint density at radius 3 is 2.15 bits per heavy atom. The van der Waals surface area contributed by atoms with Crippen molar-refractivity contribution in [2.45, 2.75) is 32.3 Å². The summed E-state index contributed by atoms with van der Waals surface area (Å²) in [7, 11) is -4.09. The van der Waals surface area contributed by atoms with E-state index < -0.39 is 22.5 Å². The highest BCUT2D eigenvalue weighted by Gasteiger charge is 2.29. The molecule has 212 valence electrons. The molecule has 1 amide bonds. The molecule has 0 aliphatic heterocycles. The van der Waals surface area contributed by atoms with Crippen molar-refractivity contribution < 1.29 is 22.7 Å². The molecular weight excluding hydrogens is 538 g/mol. The highest BCUT2D eigenvalue weighted by molar-refractivity contribution is 7.92. The van der Waals surface area contributed by atoms with Gasteiger partial charge in [0.05, 0.1) is 23.4 Å². The minimum Gasteiger partial charge on any atom is -0.492 e. The van der Waals surface area contributed by atoms with Crippen LogP contribution in [-0.2, 0) is 21.4 Å². The number of nitrogens with one attached hydrogen (secondary N) is 1. The number of amides is 1. The maximum atomic E-state index is 13.7. The van der Waals surface area contributed by atoms with Crippen molar-refractivity contribution in [2.24, 2.45) is 5.10 Å². The number of ether oxygens (including phenoxy) is 2. The Morgan fingerprint density at radius 1 is 0.854 bits per heavy atom. The average Bonchev–Trinajstić information content (AvgIpc) is 2.97. The summed E-state index contributed by atoms with van der Waals surface area (Å²) >= 11 is 0. The normalized spacial score (nSPS) is 11.3. The second kappa shape index (κ2) is 13.6. The summed E-state index contributed by atoms with van der Waals surface area (Å²) in [6.07, 6.45) is 1.48. The number of nitrogens with zero attached hydrogens (tertiary/aromatic N) is 2. The van der Waals surface area contributed by atoms with Crippen LogP contribution in [0.15, 0.2) is 107 Å². The lowest BCUT2D eigenvalue weighted by molar-refractivity contribution is -0.119. The molecule has 0 aromatic heterocycles.